The molecule has 1 atom stereocenters. The van der Waals surface area contributed by atoms with Gasteiger partial charge in [-0.1, -0.05) is 110 Å². The van der Waals surface area contributed by atoms with E-state index in [9.17, 15) is 0 Å². The normalized spacial score (nSPS) is 13.2. The Kier molecular flexibility index (Phi) is 22.9. The summed E-state index contributed by atoms with van der Waals surface area (Å²) >= 11 is 0. The molecular formula is C27H59NO3Si. The van der Waals surface area contributed by atoms with Gasteiger partial charge in [0.15, 0.2) is 0 Å². The predicted octanol–water partition coefficient (Wildman–Crippen LogP) is 8.23. The smallest absolute Gasteiger partial charge is 0.377 e. The van der Waals surface area contributed by atoms with Crippen LogP contribution in [0.4, 0.5) is 0 Å². The lowest BCUT2D eigenvalue weighted by atomic mass is 10.0. The number of rotatable bonds is 25. The van der Waals surface area contributed by atoms with Crippen molar-refractivity contribution in [1.29, 1.82) is 0 Å². The van der Waals surface area contributed by atoms with Gasteiger partial charge in [-0.15, -0.1) is 0 Å². The Bertz CT molecular complexity index is 370. The summed E-state index contributed by atoms with van der Waals surface area (Å²) in [5.41, 5.74) is 0. The highest BCUT2D eigenvalue weighted by Gasteiger charge is 2.36. The molecule has 0 aliphatic carbocycles. The van der Waals surface area contributed by atoms with Gasteiger partial charge >= 0.3 is 8.80 Å². The van der Waals surface area contributed by atoms with Crippen LogP contribution in [-0.2, 0) is 13.3 Å². The van der Waals surface area contributed by atoms with E-state index < -0.39 is 8.80 Å². The maximum atomic E-state index is 5.54. The lowest BCUT2D eigenvalue weighted by molar-refractivity contribution is 0.122. The van der Waals surface area contributed by atoms with Gasteiger partial charge in [0.2, 0.25) is 0 Å². The van der Waals surface area contributed by atoms with E-state index in [0.29, 0.717) is 6.04 Å². The minimum absolute atomic E-state index is 0.695. The summed E-state index contributed by atoms with van der Waals surface area (Å²) in [6.07, 6.45) is 26.4. The standard InChI is InChI=1S/C27H59NO3Si/c1-7-8-9-10-11-12-13-14-15-16-17-18-19-20-21-24-27(28(2)3)25-22-23-26-32(29-4,30-5)31-6/h27H,7-26H2,1-6H3. The largest absolute Gasteiger partial charge is 0.500 e. The Hall–Kier alpha value is 0.0569. The summed E-state index contributed by atoms with van der Waals surface area (Å²) in [5, 5.41) is 0. The fraction of sp³-hybridized carbons (Fsp3) is 1.00. The van der Waals surface area contributed by atoms with Crippen LogP contribution in [-0.4, -0.2) is 55.2 Å². The van der Waals surface area contributed by atoms with E-state index in [1.54, 1.807) is 21.3 Å². The summed E-state index contributed by atoms with van der Waals surface area (Å²) in [4.78, 5) is 2.41. The third kappa shape index (κ3) is 17.5. The molecule has 0 fully saturated rings. The fourth-order valence-electron chi connectivity index (χ4n) is 4.69. The van der Waals surface area contributed by atoms with Gasteiger partial charge in [0, 0.05) is 33.4 Å². The van der Waals surface area contributed by atoms with Crippen LogP contribution in [0.3, 0.4) is 0 Å². The first kappa shape index (κ1) is 32.1. The van der Waals surface area contributed by atoms with Gasteiger partial charge in [-0.25, -0.2) is 0 Å². The molecule has 5 heteroatoms. The molecule has 0 amide bonds. The predicted molar refractivity (Wildman–Crippen MR) is 142 cm³/mol. The molecule has 0 bridgehead atoms. The Morgan fingerprint density at radius 2 is 0.875 bits per heavy atom. The molecule has 32 heavy (non-hydrogen) atoms. The number of unbranched alkanes of at least 4 members (excludes halogenated alkanes) is 15. The Labute approximate surface area is 203 Å². The van der Waals surface area contributed by atoms with Crippen molar-refractivity contribution in [1.82, 2.24) is 4.90 Å². The number of nitrogens with zero attached hydrogens (tertiary/aromatic N) is 1. The third-order valence-corrected chi connectivity index (χ3v) is 9.91. The lowest BCUT2D eigenvalue weighted by Gasteiger charge is -2.26. The van der Waals surface area contributed by atoms with Crippen molar-refractivity contribution in [3.8, 4) is 0 Å². The zero-order chi connectivity index (χ0) is 23.9. The minimum Gasteiger partial charge on any atom is -0.377 e. The molecule has 0 spiro atoms. The summed E-state index contributed by atoms with van der Waals surface area (Å²) in [6, 6.07) is 1.61. The second-order valence-corrected chi connectivity index (χ2v) is 13.0. The van der Waals surface area contributed by atoms with E-state index in [1.807, 2.05) is 0 Å². The van der Waals surface area contributed by atoms with E-state index in [0.717, 1.165) is 12.5 Å². The van der Waals surface area contributed by atoms with Gasteiger partial charge < -0.3 is 18.2 Å². The van der Waals surface area contributed by atoms with Crippen LogP contribution >= 0.6 is 0 Å². The van der Waals surface area contributed by atoms with Crippen molar-refractivity contribution in [2.45, 2.75) is 141 Å². The molecule has 194 valence electrons. The second kappa shape index (κ2) is 22.8. The van der Waals surface area contributed by atoms with Crippen molar-refractivity contribution in [2.24, 2.45) is 0 Å². The molecule has 0 aliphatic heterocycles. The Morgan fingerprint density at radius 3 is 1.22 bits per heavy atom. The van der Waals surface area contributed by atoms with E-state index in [4.69, 9.17) is 13.3 Å². The third-order valence-electron chi connectivity index (χ3n) is 7.07. The lowest BCUT2D eigenvalue weighted by Crippen LogP contribution is -2.42. The molecule has 0 heterocycles. The molecule has 0 radical (unpaired) electrons. The van der Waals surface area contributed by atoms with Crippen LogP contribution in [0.25, 0.3) is 0 Å². The molecule has 0 N–H and O–H groups in total. The highest BCUT2D eigenvalue weighted by molar-refractivity contribution is 6.60. The van der Waals surface area contributed by atoms with Crippen LogP contribution in [0.5, 0.6) is 0 Å². The van der Waals surface area contributed by atoms with Crippen LogP contribution in [0.15, 0.2) is 0 Å². The van der Waals surface area contributed by atoms with Gasteiger partial charge in [-0.2, -0.15) is 0 Å². The van der Waals surface area contributed by atoms with Crippen molar-refractivity contribution in [2.75, 3.05) is 35.4 Å². The van der Waals surface area contributed by atoms with Gasteiger partial charge in [-0.3, -0.25) is 0 Å². The summed E-state index contributed by atoms with van der Waals surface area (Å²) in [6.45, 7) is 2.30. The van der Waals surface area contributed by atoms with E-state index in [1.165, 1.54) is 116 Å². The molecule has 0 aliphatic rings. The molecule has 4 nitrogen and oxygen atoms in total. The van der Waals surface area contributed by atoms with Crippen LogP contribution < -0.4 is 0 Å². The van der Waals surface area contributed by atoms with Gasteiger partial charge in [-0.05, 0) is 33.4 Å². The molecule has 1 unspecified atom stereocenters. The minimum atomic E-state index is -2.39. The first-order valence-corrected chi connectivity index (χ1v) is 15.8. The van der Waals surface area contributed by atoms with Crippen molar-refractivity contribution in [3.05, 3.63) is 0 Å². The maximum absolute atomic E-state index is 5.54. The molecule has 0 aromatic carbocycles. The zero-order valence-corrected chi connectivity index (χ0v) is 23.9. The Balaban J connectivity index is 3.60. The fourth-order valence-corrected chi connectivity index (χ4v) is 6.49. The van der Waals surface area contributed by atoms with E-state index >= 15 is 0 Å². The van der Waals surface area contributed by atoms with Crippen LogP contribution in [0.2, 0.25) is 6.04 Å². The highest BCUT2D eigenvalue weighted by atomic mass is 28.4. The Morgan fingerprint density at radius 1 is 0.531 bits per heavy atom. The number of hydrogen-bond donors (Lipinski definition) is 0. The van der Waals surface area contributed by atoms with Crippen LogP contribution in [0, 0.1) is 0 Å². The number of hydrogen-bond acceptors (Lipinski definition) is 4. The molecule has 0 rings (SSSR count). The van der Waals surface area contributed by atoms with Gasteiger partial charge in [0.05, 0.1) is 0 Å². The molecule has 0 saturated carbocycles. The first-order valence-electron chi connectivity index (χ1n) is 13.9. The van der Waals surface area contributed by atoms with Crippen molar-refractivity contribution < 1.29 is 13.3 Å². The quantitative estimate of drug-likeness (QED) is 0.0986. The maximum Gasteiger partial charge on any atom is 0.500 e. The summed E-state index contributed by atoms with van der Waals surface area (Å²) in [5.74, 6) is 0. The average molecular weight is 474 g/mol. The highest BCUT2D eigenvalue weighted by Crippen LogP contribution is 2.21. The molecule has 0 saturated heterocycles. The van der Waals surface area contributed by atoms with E-state index in [2.05, 4.69) is 25.9 Å². The zero-order valence-electron chi connectivity index (χ0n) is 22.9. The van der Waals surface area contributed by atoms with E-state index in [-0.39, 0.29) is 0 Å². The molecule has 0 aromatic rings. The molecular weight excluding hydrogens is 414 g/mol. The summed E-state index contributed by atoms with van der Waals surface area (Å²) in [7, 11) is 7.19. The molecule has 0 aromatic heterocycles. The van der Waals surface area contributed by atoms with Crippen molar-refractivity contribution >= 4 is 8.80 Å². The average Bonchev–Trinajstić information content (AvgIpc) is 2.80. The second-order valence-electron chi connectivity index (χ2n) is 9.90. The SMILES string of the molecule is CCCCCCCCCCCCCCCCCC(CCCC[Si](OC)(OC)OC)N(C)C. The van der Waals surface area contributed by atoms with Crippen molar-refractivity contribution in [3.63, 3.8) is 0 Å². The topological polar surface area (TPSA) is 30.9 Å². The van der Waals surface area contributed by atoms with Gasteiger partial charge in [0.1, 0.15) is 0 Å². The van der Waals surface area contributed by atoms with Gasteiger partial charge in [0.25, 0.3) is 0 Å². The van der Waals surface area contributed by atoms with Crippen LogP contribution in [0.1, 0.15) is 129 Å². The first-order chi connectivity index (χ1) is 15.5. The monoisotopic (exact) mass is 473 g/mol. The summed E-state index contributed by atoms with van der Waals surface area (Å²) < 4.78 is 16.6.